The monoisotopic (exact) mass is 315 g/mol. The minimum absolute atomic E-state index is 0.174. The molecule has 1 saturated carbocycles. The van der Waals surface area contributed by atoms with Crippen LogP contribution in [0.4, 0.5) is 10.5 Å². The Bertz CT molecular complexity index is 600. The molecule has 0 aliphatic heterocycles. The van der Waals surface area contributed by atoms with Crippen LogP contribution in [0.5, 0.6) is 5.75 Å². The highest BCUT2D eigenvalue weighted by molar-refractivity contribution is 5.89. The highest BCUT2D eigenvalue weighted by Crippen LogP contribution is 2.43. The first-order valence-corrected chi connectivity index (χ1v) is 8.22. The number of methoxy groups -OCH3 is 1. The van der Waals surface area contributed by atoms with E-state index < -0.39 is 5.60 Å². The lowest BCUT2D eigenvalue weighted by atomic mass is 9.99. The zero-order chi connectivity index (χ0) is 16.6. The first kappa shape index (κ1) is 15.9. The number of allylic oxidation sites excluding steroid dienone is 1. The topological polar surface area (TPSA) is 38.8 Å². The maximum absolute atomic E-state index is 12.8. The number of carbonyl (C=O) groups is 1. The van der Waals surface area contributed by atoms with E-state index in [1.807, 2.05) is 49.9 Å². The standard InChI is InChI=1S/C19H25NO3/c1-19(2,3)23-18(21)20(15-7-9-16(22-4)10-8-15)17-12-13-5-6-14(17)11-13/h5-10,13-14,17H,11-12H2,1-4H3. The summed E-state index contributed by atoms with van der Waals surface area (Å²) in [5.74, 6) is 1.80. The van der Waals surface area contributed by atoms with Gasteiger partial charge in [0.2, 0.25) is 0 Å². The third-order valence-corrected chi connectivity index (χ3v) is 4.52. The van der Waals surface area contributed by atoms with E-state index in [1.54, 1.807) is 7.11 Å². The van der Waals surface area contributed by atoms with Crippen molar-refractivity contribution in [3.63, 3.8) is 0 Å². The van der Waals surface area contributed by atoms with Crippen LogP contribution in [0.15, 0.2) is 36.4 Å². The number of amides is 1. The van der Waals surface area contributed by atoms with Crippen molar-refractivity contribution >= 4 is 11.8 Å². The molecule has 124 valence electrons. The number of hydrogen-bond donors (Lipinski definition) is 0. The van der Waals surface area contributed by atoms with Crippen molar-refractivity contribution in [2.75, 3.05) is 12.0 Å². The molecular formula is C19H25NO3. The lowest BCUT2D eigenvalue weighted by Crippen LogP contribution is -2.45. The van der Waals surface area contributed by atoms with Crippen LogP contribution in [-0.2, 0) is 4.74 Å². The van der Waals surface area contributed by atoms with Gasteiger partial charge in [-0.2, -0.15) is 0 Å². The summed E-state index contributed by atoms with van der Waals surface area (Å²) in [6.07, 6.45) is 6.41. The summed E-state index contributed by atoms with van der Waals surface area (Å²) in [6, 6.07) is 7.80. The Morgan fingerprint density at radius 2 is 1.83 bits per heavy atom. The van der Waals surface area contributed by atoms with E-state index >= 15 is 0 Å². The molecule has 1 aromatic rings. The van der Waals surface area contributed by atoms with Crippen LogP contribution in [0.25, 0.3) is 0 Å². The number of hydrogen-bond acceptors (Lipinski definition) is 3. The molecule has 4 heteroatoms. The zero-order valence-electron chi connectivity index (χ0n) is 14.3. The third kappa shape index (κ3) is 3.36. The van der Waals surface area contributed by atoms with Crippen molar-refractivity contribution < 1.29 is 14.3 Å². The Labute approximate surface area is 138 Å². The van der Waals surface area contributed by atoms with Gasteiger partial charge in [-0.05, 0) is 69.7 Å². The molecule has 1 amide bonds. The van der Waals surface area contributed by atoms with Crippen molar-refractivity contribution in [2.45, 2.75) is 45.3 Å². The maximum Gasteiger partial charge on any atom is 0.415 e. The largest absolute Gasteiger partial charge is 0.497 e. The number of anilines is 1. The first-order chi connectivity index (χ1) is 10.9. The molecule has 1 aromatic carbocycles. The normalized spacial score (nSPS) is 25.5. The van der Waals surface area contributed by atoms with Crippen molar-refractivity contribution in [1.29, 1.82) is 0 Å². The fraction of sp³-hybridized carbons (Fsp3) is 0.526. The molecule has 2 bridgehead atoms. The molecule has 0 radical (unpaired) electrons. The lowest BCUT2D eigenvalue weighted by Gasteiger charge is -2.34. The van der Waals surface area contributed by atoms with Crippen LogP contribution in [0, 0.1) is 11.8 Å². The van der Waals surface area contributed by atoms with Crippen molar-refractivity contribution in [3.05, 3.63) is 36.4 Å². The zero-order valence-corrected chi connectivity index (χ0v) is 14.3. The Hall–Kier alpha value is -1.97. The summed E-state index contributed by atoms with van der Waals surface area (Å²) in [7, 11) is 1.64. The number of fused-ring (bicyclic) bond motifs is 2. The van der Waals surface area contributed by atoms with Crippen LogP contribution in [0.3, 0.4) is 0 Å². The molecule has 0 heterocycles. The highest BCUT2D eigenvalue weighted by Gasteiger charge is 2.42. The van der Waals surface area contributed by atoms with Gasteiger partial charge in [0.1, 0.15) is 11.4 Å². The van der Waals surface area contributed by atoms with Crippen LogP contribution >= 0.6 is 0 Å². The van der Waals surface area contributed by atoms with Gasteiger partial charge in [0.15, 0.2) is 0 Å². The van der Waals surface area contributed by atoms with Crippen molar-refractivity contribution in [3.8, 4) is 5.75 Å². The van der Waals surface area contributed by atoms with E-state index in [4.69, 9.17) is 9.47 Å². The van der Waals surface area contributed by atoms with Gasteiger partial charge >= 0.3 is 6.09 Å². The molecule has 23 heavy (non-hydrogen) atoms. The predicted octanol–water partition coefficient (Wildman–Crippen LogP) is 4.40. The fourth-order valence-electron chi connectivity index (χ4n) is 3.53. The van der Waals surface area contributed by atoms with Gasteiger partial charge in [-0.1, -0.05) is 12.2 Å². The summed E-state index contributed by atoms with van der Waals surface area (Å²) in [4.78, 5) is 14.7. The summed E-state index contributed by atoms with van der Waals surface area (Å²) in [5, 5.41) is 0. The number of ether oxygens (including phenoxy) is 2. The Kier molecular flexibility index (Phi) is 4.09. The minimum Gasteiger partial charge on any atom is -0.497 e. The lowest BCUT2D eigenvalue weighted by molar-refractivity contribution is 0.0560. The smallest absolute Gasteiger partial charge is 0.415 e. The first-order valence-electron chi connectivity index (χ1n) is 8.22. The van der Waals surface area contributed by atoms with E-state index in [-0.39, 0.29) is 12.1 Å². The molecule has 0 aromatic heterocycles. The van der Waals surface area contributed by atoms with Gasteiger partial charge in [0, 0.05) is 11.7 Å². The number of rotatable bonds is 3. The minimum atomic E-state index is -0.505. The van der Waals surface area contributed by atoms with Gasteiger partial charge in [-0.25, -0.2) is 4.79 Å². The average molecular weight is 315 g/mol. The molecule has 0 spiro atoms. The van der Waals surface area contributed by atoms with Crippen LogP contribution in [0.1, 0.15) is 33.6 Å². The molecule has 4 nitrogen and oxygen atoms in total. The summed E-state index contributed by atoms with van der Waals surface area (Å²) in [6.45, 7) is 5.70. The van der Waals surface area contributed by atoms with Crippen LogP contribution < -0.4 is 9.64 Å². The quantitative estimate of drug-likeness (QED) is 0.776. The SMILES string of the molecule is COc1ccc(N(C(=O)OC(C)(C)C)C2CC3C=CC2C3)cc1. The number of nitrogens with zero attached hydrogens (tertiary/aromatic N) is 1. The molecule has 0 saturated heterocycles. The molecule has 2 aliphatic rings. The highest BCUT2D eigenvalue weighted by atomic mass is 16.6. The maximum atomic E-state index is 12.8. The third-order valence-electron chi connectivity index (χ3n) is 4.52. The second-order valence-electron chi connectivity index (χ2n) is 7.40. The van der Waals surface area contributed by atoms with E-state index in [0.29, 0.717) is 11.8 Å². The molecule has 3 rings (SSSR count). The van der Waals surface area contributed by atoms with Gasteiger partial charge in [-0.15, -0.1) is 0 Å². The molecular weight excluding hydrogens is 290 g/mol. The van der Waals surface area contributed by atoms with Gasteiger partial charge in [-0.3, -0.25) is 4.90 Å². The molecule has 2 aliphatic carbocycles. The van der Waals surface area contributed by atoms with E-state index in [2.05, 4.69) is 12.2 Å². The van der Waals surface area contributed by atoms with E-state index in [1.165, 1.54) is 0 Å². The fourth-order valence-corrected chi connectivity index (χ4v) is 3.53. The van der Waals surface area contributed by atoms with Gasteiger partial charge < -0.3 is 9.47 Å². The Morgan fingerprint density at radius 1 is 1.13 bits per heavy atom. The Balaban J connectivity index is 1.89. The molecule has 3 atom stereocenters. The average Bonchev–Trinajstić information content (AvgIpc) is 3.09. The van der Waals surface area contributed by atoms with Crippen LogP contribution in [-0.4, -0.2) is 24.8 Å². The number of carbonyl (C=O) groups excluding carboxylic acids is 1. The Morgan fingerprint density at radius 3 is 2.30 bits per heavy atom. The summed E-state index contributed by atoms with van der Waals surface area (Å²) < 4.78 is 10.9. The van der Waals surface area contributed by atoms with Gasteiger partial charge in [0.05, 0.1) is 7.11 Å². The van der Waals surface area contributed by atoms with Gasteiger partial charge in [0.25, 0.3) is 0 Å². The molecule has 1 fully saturated rings. The molecule has 0 N–H and O–H groups in total. The number of benzene rings is 1. The van der Waals surface area contributed by atoms with Crippen LogP contribution in [0.2, 0.25) is 0 Å². The van der Waals surface area contributed by atoms with Crippen molar-refractivity contribution in [2.24, 2.45) is 11.8 Å². The van der Waals surface area contributed by atoms with E-state index in [0.717, 1.165) is 24.3 Å². The predicted molar refractivity (Wildman–Crippen MR) is 90.8 cm³/mol. The summed E-state index contributed by atoms with van der Waals surface area (Å²) in [5.41, 5.74) is 0.362. The van der Waals surface area contributed by atoms with E-state index in [9.17, 15) is 4.79 Å². The summed E-state index contributed by atoms with van der Waals surface area (Å²) >= 11 is 0. The second kappa shape index (κ2) is 5.91. The second-order valence-corrected chi connectivity index (χ2v) is 7.40. The molecule has 3 unspecified atom stereocenters. The van der Waals surface area contributed by atoms with Crippen molar-refractivity contribution in [1.82, 2.24) is 0 Å².